The molecule has 0 amide bonds. The third kappa shape index (κ3) is 3.32. The monoisotopic (exact) mass is 286 g/mol. The second-order valence-electron chi connectivity index (χ2n) is 3.11. The van der Waals surface area contributed by atoms with E-state index in [9.17, 15) is 10.1 Å². The lowest BCUT2D eigenvalue weighted by molar-refractivity contribution is -0.385. The number of halogens is 1. The molecule has 2 N–H and O–H groups in total. The van der Waals surface area contributed by atoms with E-state index in [1.807, 2.05) is 0 Å². The van der Waals surface area contributed by atoms with Crippen LogP contribution in [-0.2, 0) is 0 Å². The van der Waals surface area contributed by atoms with Gasteiger partial charge >= 0.3 is 5.69 Å². The van der Waals surface area contributed by atoms with Gasteiger partial charge in [-0.05, 0) is 17.7 Å². The third-order valence-electron chi connectivity index (χ3n) is 1.84. The van der Waals surface area contributed by atoms with Crippen molar-refractivity contribution in [1.82, 2.24) is 0 Å². The second kappa shape index (κ2) is 5.62. The number of nitro groups is 1. The number of hydrogen-bond acceptors (Lipinski definition) is 4. The Morgan fingerprint density at radius 2 is 2.31 bits per heavy atom. The molecule has 0 fully saturated rings. The zero-order valence-electron chi connectivity index (χ0n) is 8.48. The summed E-state index contributed by atoms with van der Waals surface area (Å²) in [7, 11) is 0. The van der Waals surface area contributed by atoms with Crippen molar-refractivity contribution in [2.75, 3.05) is 13.2 Å². The Hall–Kier alpha value is -1.40. The third-order valence-corrected chi connectivity index (χ3v) is 2.33. The van der Waals surface area contributed by atoms with Gasteiger partial charge in [0.1, 0.15) is 6.61 Å². The van der Waals surface area contributed by atoms with Crippen LogP contribution in [0.25, 0.3) is 0 Å². The van der Waals surface area contributed by atoms with Gasteiger partial charge in [0.05, 0.1) is 4.92 Å². The summed E-state index contributed by atoms with van der Waals surface area (Å²) in [5.41, 5.74) is 5.93. The molecule has 16 heavy (non-hydrogen) atoms. The van der Waals surface area contributed by atoms with Crippen LogP contribution < -0.4 is 10.5 Å². The first-order chi connectivity index (χ1) is 7.54. The highest BCUT2D eigenvalue weighted by Gasteiger charge is 2.15. The fraction of sp³-hybridized carbons (Fsp3) is 0.200. The molecule has 0 spiro atoms. The lowest BCUT2D eigenvalue weighted by atomic mass is 10.3. The van der Waals surface area contributed by atoms with E-state index in [1.54, 1.807) is 6.07 Å². The minimum Gasteiger partial charge on any atom is -0.482 e. The molecular formula is C10H11BrN2O3. The lowest BCUT2D eigenvalue weighted by Gasteiger charge is -2.07. The predicted octanol–water partition coefficient (Wildman–Crippen LogP) is 2.25. The number of rotatable bonds is 5. The SMILES string of the molecule is C=C(CN)COc1ccc(Br)cc1[N+](=O)[O-]. The van der Waals surface area contributed by atoms with Crippen LogP contribution in [0.2, 0.25) is 0 Å². The molecular weight excluding hydrogens is 276 g/mol. The number of benzene rings is 1. The summed E-state index contributed by atoms with van der Waals surface area (Å²) in [6.45, 7) is 4.13. The fourth-order valence-electron chi connectivity index (χ4n) is 0.994. The molecule has 86 valence electrons. The molecule has 0 radical (unpaired) electrons. The molecule has 0 aliphatic carbocycles. The predicted molar refractivity (Wildman–Crippen MR) is 64.5 cm³/mol. The van der Waals surface area contributed by atoms with Gasteiger partial charge in [0, 0.05) is 17.1 Å². The van der Waals surface area contributed by atoms with Gasteiger partial charge in [0.25, 0.3) is 0 Å². The van der Waals surface area contributed by atoms with Crippen LogP contribution in [0.3, 0.4) is 0 Å². The van der Waals surface area contributed by atoms with Crippen LogP contribution in [-0.4, -0.2) is 18.1 Å². The number of nitro benzene ring substituents is 1. The quantitative estimate of drug-likeness (QED) is 0.512. The van der Waals surface area contributed by atoms with Crippen LogP contribution in [0.1, 0.15) is 0 Å². The van der Waals surface area contributed by atoms with E-state index in [1.165, 1.54) is 12.1 Å². The van der Waals surface area contributed by atoms with E-state index < -0.39 is 4.92 Å². The number of ether oxygens (including phenoxy) is 1. The standard InChI is InChI=1S/C10H11BrN2O3/c1-7(5-12)6-16-10-3-2-8(11)4-9(10)13(14)15/h2-4H,1,5-6,12H2. The van der Waals surface area contributed by atoms with Gasteiger partial charge in [0.15, 0.2) is 5.75 Å². The molecule has 1 aromatic rings. The van der Waals surface area contributed by atoms with Gasteiger partial charge in [-0.2, -0.15) is 0 Å². The van der Waals surface area contributed by atoms with E-state index in [0.29, 0.717) is 16.6 Å². The van der Waals surface area contributed by atoms with E-state index in [-0.39, 0.29) is 18.0 Å². The second-order valence-corrected chi connectivity index (χ2v) is 4.03. The topological polar surface area (TPSA) is 78.4 Å². The number of nitrogens with two attached hydrogens (primary N) is 1. The number of hydrogen-bond donors (Lipinski definition) is 1. The average molecular weight is 287 g/mol. The maximum atomic E-state index is 10.7. The molecule has 0 atom stereocenters. The smallest absolute Gasteiger partial charge is 0.312 e. The van der Waals surface area contributed by atoms with Crippen molar-refractivity contribution in [3.63, 3.8) is 0 Å². The minimum absolute atomic E-state index is 0.0841. The Bertz CT molecular complexity index is 421. The first-order valence-corrected chi connectivity index (χ1v) is 5.27. The molecule has 1 rings (SSSR count). The summed E-state index contributed by atoms with van der Waals surface area (Å²) in [6, 6.07) is 4.60. The van der Waals surface area contributed by atoms with Crippen molar-refractivity contribution < 1.29 is 9.66 Å². The molecule has 0 aliphatic rings. The summed E-state index contributed by atoms with van der Waals surface area (Å²) in [5.74, 6) is 0.211. The minimum atomic E-state index is -0.495. The van der Waals surface area contributed by atoms with Crippen molar-refractivity contribution in [3.05, 3.63) is 44.9 Å². The molecule has 0 aromatic heterocycles. The van der Waals surface area contributed by atoms with E-state index in [4.69, 9.17) is 10.5 Å². The van der Waals surface area contributed by atoms with Crippen molar-refractivity contribution in [1.29, 1.82) is 0 Å². The molecule has 0 unspecified atom stereocenters. The van der Waals surface area contributed by atoms with Gasteiger partial charge < -0.3 is 10.5 Å². The summed E-state index contributed by atoms with van der Waals surface area (Å²) in [6.07, 6.45) is 0. The summed E-state index contributed by atoms with van der Waals surface area (Å²) in [5, 5.41) is 10.7. The maximum absolute atomic E-state index is 10.7. The van der Waals surface area contributed by atoms with Crippen LogP contribution in [0.15, 0.2) is 34.8 Å². The summed E-state index contributed by atoms with van der Waals surface area (Å²) in [4.78, 5) is 10.3. The lowest BCUT2D eigenvalue weighted by Crippen LogP contribution is -2.10. The summed E-state index contributed by atoms with van der Waals surface area (Å²) < 4.78 is 5.89. The first kappa shape index (κ1) is 12.7. The Morgan fingerprint density at radius 3 is 2.88 bits per heavy atom. The summed E-state index contributed by atoms with van der Waals surface area (Å²) >= 11 is 3.16. The highest BCUT2D eigenvalue weighted by atomic mass is 79.9. The van der Waals surface area contributed by atoms with E-state index in [0.717, 1.165) is 0 Å². The fourth-order valence-corrected chi connectivity index (χ4v) is 1.34. The Labute approximate surface area is 101 Å². The van der Waals surface area contributed by atoms with Crippen LogP contribution in [0.4, 0.5) is 5.69 Å². The van der Waals surface area contributed by atoms with Crippen molar-refractivity contribution in [3.8, 4) is 5.75 Å². The Morgan fingerprint density at radius 1 is 1.62 bits per heavy atom. The van der Waals surface area contributed by atoms with Crippen molar-refractivity contribution >= 4 is 21.6 Å². The van der Waals surface area contributed by atoms with Crippen LogP contribution in [0.5, 0.6) is 5.75 Å². The van der Waals surface area contributed by atoms with E-state index in [2.05, 4.69) is 22.5 Å². The largest absolute Gasteiger partial charge is 0.482 e. The molecule has 0 saturated carbocycles. The molecule has 5 nitrogen and oxygen atoms in total. The molecule has 6 heteroatoms. The van der Waals surface area contributed by atoms with E-state index >= 15 is 0 Å². The average Bonchev–Trinajstić information content (AvgIpc) is 2.26. The molecule has 0 aliphatic heterocycles. The zero-order valence-corrected chi connectivity index (χ0v) is 10.1. The highest BCUT2D eigenvalue weighted by Crippen LogP contribution is 2.30. The highest BCUT2D eigenvalue weighted by molar-refractivity contribution is 9.10. The van der Waals surface area contributed by atoms with Crippen molar-refractivity contribution in [2.45, 2.75) is 0 Å². The Balaban J connectivity index is 2.87. The molecule has 0 bridgehead atoms. The maximum Gasteiger partial charge on any atom is 0.312 e. The van der Waals surface area contributed by atoms with Gasteiger partial charge in [-0.1, -0.05) is 22.5 Å². The van der Waals surface area contributed by atoms with Crippen LogP contribution >= 0.6 is 15.9 Å². The molecule has 0 saturated heterocycles. The van der Waals surface area contributed by atoms with Crippen molar-refractivity contribution in [2.24, 2.45) is 5.73 Å². The van der Waals surface area contributed by atoms with Crippen LogP contribution in [0, 0.1) is 10.1 Å². The zero-order chi connectivity index (χ0) is 12.1. The van der Waals surface area contributed by atoms with Gasteiger partial charge in [-0.3, -0.25) is 10.1 Å². The van der Waals surface area contributed by atoms with Gasteiger partial charge in [-0.15, -0.1) is 0 Å². The van der Waals surface area contributed by atoms with Gasteiger partial charge in [0.2, 0.25) is 0 Å². The molecule has 0 heterocycles. The molecule has 1 aromatic carbocycles. The normalized spacial score (nSPS) is 9.88. The number of nitrogens with zero attached hydrogens (tertiary/aromatic N) is 1. The first-order valence-electron chi connectivity index (χ1n) is 4.48. The Kier molecular flexibility index (Phi) is 4.45. The van der Waals surface area contributed by atoms with Gasteiger partial charge in [-0.25, -0.2) is 0 Å².